The van der Waals surface area contributed by atoms with E-state index in [2.05, 4.69) is 41.3 Å². The first-order valence-electron chi connectivity index (χ1n) is 7.74. The van der Waals surface area contributed by atoms with Gasteiger partial charge in [0.1, 0.15) is 24.3 Å². The van der Waals surface area contributed by atoms with Gasteiger partial charge in [-0.25, -0.2) is 4.98 Å². The van der Waals surface area contributed by atoms with Crippen molar-refractivity contribution in [1.29, 1.82) is 0 Å². The fourth-order valence-corrected chi connectivity index (χ4v) is 4.25. The molecule has 1 aromatic carbocycles. The van der Waals surface area contributed by atoms with E-state index in [-0.39, 0.29) is 11.9 Å². The van der Waals surface area contributed by atoms with Crippen LogP contribution in [0, 0.1) is 6.92 Å². The van der Waals surface area contributed by atoms with Crippen LogP contribution in [0.25, 0.3) is 4.96 Å². The summed E-state index contributed by atoms with van der Waals surface area (Å²) >= 11 is 1.51. The molecule has 4 rings (SSSR count). The summed E-state index contributed by atoms with van der Waals surface area (Å²) in [6.45, 7) is 5.43. The van der Waals surface area contributed by atoms with Gasteiger partial charge < -0.3 is 14.7 Å². The number of nitrogens with one attached hydrogen (secondary N) is 1. The van der Waals surface area contributed by atoms with E-state index in [1.54, 1.807) is 0 Å². The number of quaternary nitrogens is 1. The average Bonchev–Trinajstić information content (AvgIpc) is 3.15. The predicted octanol–water partition coefficient (Wildman–Crippen LogP) is 0.809. The molecule has 2 aromatic heterocycles. The molecule has 0 aliphatic carbocycles. The number of aromatic hydroxyl groups is 1. The number of hydrogen-bond acceptors (Lipinski definition) is 5. The monoisotopic (exact) mass is 331 g/mol. The number of morpholine rings is 1. The summed E-state index contributed by atoms with van der Waals surface area (Å²) in [5, 5.41) is 14.7. The third-order valence-corrected chi connectivity index (χ3v) is 5.45. The average molecular weight is 331 g/mol. The minimum Gasteiger partial charge on any atom is -0.492 e. The van der Waals surface area contributed by atoms with E-state index < -0.39 is 0 Å². The Balaban J connectivity index is 1.81. The van der Waals surface area contributed by atoms with Gasteiger partial charge in [-0.05, 0) is 6.92 Å². The van der Waals surface area contributed by atoms with Crippen LogP contribution in [0.15, 0.2) is 30.6 Å². The first kappa shape index (κ1) is 14.6. The lowest BCUT2D eigenvalue weighted by Gasteiger charge is -2.31. The van der Waals surface area contributed by atoms with Gasteiger partial charge >= 0.3 is 0 Å². The fourth-order valence-electron chi connectivity index (χ4n) is 3.14. The van der Waals surface area contributed by atoms with Crippen LogP contribution >= 0.6 is 11.3 Å². The van der Waals surface area contributed by atoms with Crippen LogP contribution in [0.4, 0.5) is 0 Å². The number of hydrogen-bond donors (Lipinski definition) is 2. The summed E-state index contributed by atoms with van der Waals surface area (Å²) in [5.74, 6) is 0.201. The maximum Gasteiger partial charge on any atom is 0.235 e. The van der Waals surface area contributed by atoms with Gasteiger partial charge in [0.05, 0.1) is 13.2 Å². The van der Waals surface area contributed by atoms with E-state index in [0.717, 1.165) is 36.1 Å². The molecule has 1 aliphatic heterocycles. The number of thiazole rings is 1. The fraction of sp³-hybridized carbons (Fsp3) is 0.375. The molecule has 1 fully saturated rings. The first-order valence-corrected chi connectivity index (χ1v) is 8.56. The molecule has 0 bridgehead atoms. The normalized spacial score (nSPS) is 17.6. The van der Waals surface area contributed by atoms with Crippen molar-refractivity contribution < 1.29 is 14.7 Å². The molecule has 1 atom stereocenters. The topological polar surface area (TPSA) is 64.1 Å². The Morgan fingerprint density at radius 1 is 1.26 bits per heavy atom. The number of aromatic nitrogens is 3. The maximum atomic E-state index is 10.6. The van der Waals surface area contributed by atoms with E-state index in [1.165, 1.54) is 38.2 Å². The molecule has 1 aliphatic rings. The highest BCUT2D eigenvalue weighted by Crippen LogP contribution is 2.34. The van der Waals surface area contributed by atoms with Crippen LogP contribution in [0.1, 0.15) is 22.0 Å². The summed E-state index contributed by atoms with van der Waals surface area (Å²) in [7, 11) is 0. The zero-order chi connectivity index (χ0) is 15.8. The maximum absolute atomic E-state index is 10.6. The Bertz CT molecular complexity index is 805. The largest absolute Gasteiger partial charge is 0.492 e. The Hall–Kier alpha value is -1.96. The van der Waals surface area contributed by atoms with Crippen molar-refractivity contribution in [3.8, 4) is 5.88 Å². The number of aryl methyl sites for hydroxylation is 1. The number of fused-ring (bicyclic) bond motifs is 1. The smallest absolute Gasteiger partial charge is 0.235 e. The second-order valence-corrected chi connectivity index (χ2v) is 6.87. The van der Waals surface area contributed by atoms with Gasteiger partial charge in [-0.3, -0.25) is 0 Å². The van der Waals surface area contributed by atoms with Gasteiger partial charge in [-0.2, -0.15) is 9.61 Å². The van der Waals surface area contributed by atoms with Crippen molar-refractivity contribution in [2.45, 2.75) is 13.0 Å². The van der Waals surface area contributed by atoms with Crippen LogP contribution in [0.2, 0.25) is 0 Å². The molecule has 7 heteroatoms. The Kier molecular flexibility index (Phi) is 3.76. The van der Waals surface area contributed by atoms with Gasteiger partial charge in [0.25, 0.3) is 0 Å². The third-order valence-electron chi connectivity index (χ3n) is 4.35. The van der Waals surface area contributed by atoms with E-state index in [0.29, 0.717) is 0 Å². The van der Waals surface area contributed by atoms with E-state index in [1.807, 2.05) is 0 Å². The van der Waals surface area contributed by atoms with Crippen molar-refractivity contribution in [1.82, 2.24) is 14.6 Å². The summed E-state index contributed by atoms with van der Waals surface area (Å²) in [5.41, 5.74) is 2.43. The van der Waals surface area contributed by atoms with Gasteiger partial charge in [0, 0.05) is 5.56 Å². The lowest BCUT2D eigenvalue weighted by Crippen LogP contribution is -3.14. The molecule has 0 unspecified atom stereocenters. The van der Waals surface area contributed by atoms with Gasteiger partial charge in [-0.1, -0.05) is 41.2 Å². The van der Waals surface area contributed by atoms with E-state index in [9.17, 15) is 5.11 Å². The van der Waals surface area contributed by atoms with Crippen molar-refractivity contribution in [2.24, 2.45) is 0 Å². The van der Waals surface area contributed by atoms with Crippen LogP contribution in [-0.4, -0.2) is 46.0 Å². The lowest BCUT2D eigenvalue weighted by molar-refractivity contribution is -0.932. The summed E-state index contributed by atoms with van der Waals surface area (Å²) in [6.07, 6.45) is 1.47. The van der Waals surface area contributed by atoms with Crippen molar-refractivity contribution in [2.75, 3.05) is 26.3 Å². The molecule has 6 nitrogen and oxygen atoms in total. The van der Waals surface area contributed by atoms with Crippen molar-refractivity contribution >= 4 is 16.3 Å². The Morgan fingerprint density at radius 2 is 2.00 bits per heavy atom. The second kappa shape index (κ2) is 5.92. The summed E-state index contributed by atoms with van der Waals surface area (Å²) in [4.78, 5) is 7.26. The molecule has 3 aromatic rings. The van der Waals surface area contributed by atoms with Crippen LogP contribution < -0.4 is 4.90 Å². The van der Waals surface area contributed by atoms with Gasteiger partial charge in [0.2, 0.25) is 10.8 Å². The molecule has 0 spiro atoms. The molecule has 1 saturated heterocycles. The standard InChI is InChI=1S/C16H18N4O2S/c1-11-2-4-12(5-3-11)13(19-6-8-22-9-7-19)14-15(21)20-16(23-14)17-10-18-20/h2-5,10,13,21H,6-9H2,1H3/p+1/t13-/m0/s1. The molecular weight excluding hydrogens is 312 g/mol. The van der Waals surface area contributed by atoms with E-state index >= 15 is 0 Å². The van der Waals surface area contributed by atoms with Crippen molar-refractivity contribution in [3.05, 3.63) is 46.6 Å². The molecule has 0 saturated carbocycles. The highest BCUT2D eigenvalue weighted by atomic mass is 32.1. The van der Waals surface area contributed by atoms with Gasteiger partial charge in [0.15, 0.2) is 6.04 Å². The van der Waals surface area contributed by atoms with Crippen LogP contribution in [0.5, 0.6) is 5.88 Å². The lowest BCUT2D eigenvalue weighted by atomic mass is 10.0. The minimum atomic E-state index is 0.0769. The number of benzene rings is 1. The molecular formula is C16H19N4O2S+. The van der Waals surface area contributed by atoms with Crippen molar-refractivity contribution in [3.63, 3.8) is 0 Å². The molecule has 120 valence electrons. The quantitative estimate of drug-likeness (QED) is 0.745. The first-order chi connectivity index (χ1) is 11.2. The molecule has 3 heterocycles. The minimum absolute atomic E-state index is 0.0769. The number of rotatable bonds is 3. The number of ether oxygens (including phenoxy) is 1. The third kappa shape index (κ3) is 2.60. The zero-order valence-corrected chi connectivity index (χ0v) is 13.7. The summed E-state index contributed by atoms with van der Waals surface area (Å²) in [6, 6.07) is 8.62. The number of nitrogens with zero attached hydrogens (tertiary/aromatic N) is 3. The molecule has 23 heavy (non-hydrogen) atoms. The molecule has 2 N–H and O–H groups in total. The second-order valence-electron chi connectivity index (χ2n) is 5.86. The SMILES string of the molecule is Cc1ccc([C@@H](c2sc3ncnn3c2O)[NH+]2CCOCC2)cc1. The highest BCUT2D eigenvalue weighted by Gasteiger charge is 2.33. The highest BCUT2D eigenvalue weighted by molar-refractivity contribution is 7.17. The Labute approximate surface area is 138 Å². The molecule has 0 radical (unpaired) electrons. The van der Waals surface area contributed by atoms with Crippen LogP contribution in [-0.2, 0) is 4.74 Å². The van der Waals surface area contributed by atoms with Gasteiger partial charge in [-0.15, -0.1) is 0 Å². The zero-order valence-electron chi connectivity index (χ0n) is 12.9. The predicted molar refractivity (Wildman–Crippen MR) is 87.1 cm³/mol. The molecule has 0 amide bonds. The Morgan fingerprint density at radius 3 is 2.70 bits per heavy atom. The van der Waals surface area contributed by atoms with E-state index in [4.69, 9.17) is 4.74 Å². The summed E-state index contributed by atoms with van der Waals surface area (Å²) < 4.78 is 7.02. The van der Waals surface area contributed by atoms with Crippen LogP contribution in [0.3, 0.4) is 0 Å².